The normalized spacial score (nSPS) is 15.6. The van der Waals surface area contributed by atoms with E-state index in [0.29, 0.717) is 76.8 Å². The average molecular weight is 709 g/mol. The quantitative estimate of drug-likeness (QED) is 0.0858. The molecule has 5 N–H and O–H groups in total. The zero-order chi connectivity index (χ0) is 38.1. The van der Waals surface area contributed by atoms with Crippen molar-refractivity contribution in [2.75, 3.05) is 31.6 Å². The Bertz CT molecular complexity index is 1190. The van der Waals surface area contributed by atoms with Gasteiger partial charge in [0, 0.05) is 38.4 Å². The zero-order valence-corrected chi connectivity index (χ0v) is 30.9. The van der Waals surface area contributed by atoms with Crippen molar-refractivity contribution in [3.8, 4) is 0 Å². The summed E-state index contributed by atoms with van der Waals surface area (Å²) in [5, 5.41) is 25.7. The van der Waals surface area contributed by atoms with Gasteiger partial charge < -0.3 is 35.6 Å². The van der Waals surface area contributed by atoms with Gasteiger partial charge in [-0.1, -0.05) is 54.0 Å². The van der Waals surface area contributed by atoms with Crippen LogP contribution in [0.1, 0.15) is 105 Å². The van der Waals surface area contributed by atoms with E-state index in [0.717, 1.165) is 11.1 Å². The molecular weight excluding hydrogens is 648 g/mol. The molecule has 0 aromatic heterocycles. The molecule has 1 saturated heterocycles. The molecule has 5 amide bonds. The highest BCUT2D eigenvalue weighted by Crippen LogP contribution is 2.18. The highest BCUT2D eigenvalue weighted by atomic mass is 16.5. The number of aliphatic hydroxyl groups is 2. The number of hydrogen-bond donors (Lipinski definition) is 5. The van der Waals surface area contributed by atoms with Crippen molar-refractivity contribution < 1.29 is 48.5 Å². The molecule has 14 nitrogen and oxygen atoms in total. The zero-order valence-electron chi connectivity index (χ0n) is 30.9. The van der Waals surface area contributed by atoms with Gasteiger partial charge in [0.05, 0.1) is 32.0 Å². The number of nitrogens with zero attached hydrogens (tertiary/aromatic N) is 1. The van der Waals surface area contributed by atoms with E-state index in [4.69, 9.17) is 19.7 Å². The maximum atomic E-state index is 12.7. The summed E-state index contributed by atoms with van der Waals surface area (Å²) >= 11 is 0. The van der Waals surface area contributed by atoms with Crippen molar-refractivity contribution >= 4 is 41.7 Å². The highest BCUT2D eigenvalue weighted by molar-refractivity contribution is 5.96. The van der Waals surface area contributed by atoms with Crippen LogP contribution in [-0.4, -0.2) is 95.7 Å². The molecule has 3 atom stereocenters. The fourth-order valence-electron chi connectivity index (χ4n) is 4.74. The van der Waals surface area contributed by atoms with Gasteiger partial charge >= 0.3 is 5.97 Å². The number of hydrogen-bond acceptors (Lipinski definition) is 10. The average Bonchev–Trinajstić information content (AvgIpc) is 3.08. The molecule has 1 fully saturated rings. The predicted molar refractivity (Wildman–Crippen MR) is 190 cm³/mol. The number of carbonyl (C=O) groups excluding carboxylic acids is 6. The van der Waals surface area contributed by atoms with E-state index in [1.165, 1.54) is 11.8 Å². The van der Waals surface area contributed by atoms with Gasteiger partial charge in [-0.25, -0.2) is 0 Å². The molecule has 0 radical (unpaired) electrons. The lowest BCUT2D eigenvalue weighted by molar-refractivity contribution is -0.142. The van der Waals surface area contributed by atoms with Crippen LogP contribution in [0.15, 0.2) is 18.2 Å². The molecule has 284 valence electrons. The van der Waals surface area contributed by atoms with Crippen LogP contribution in [0.3, 0.4) is 0 Å². The number of ether oxygens (including phenoxy) is 2. The molecule has 1 aromatic carbocycles. The summed E-state index contributed by atoms with van der Waals surface area (Å²) in [6.07, 6.45) is 3.77. The lowest BCUT2D eigenvalue weighted by atomic mass is 10.0. The smallest absolute Gasteiger partial charge is 0.302 e. The molecule has 0 spiro atoms. The van der Waals surface area contributed by atoms with Gasteiger partial charge in [-0.05, 0) is 54.9 Å². The first-order valence-electron chi connectivity index (χ1n) is 17.6. The van der Waals surface area contributed by atoms with Crippen LogP contribution < -0.4 is 16.0 Å². The Morgan fingerprint density at radius 2 is 1.64 bits per heavy atom. The van der Waals surface area contributed by atoms with Crippen molar-refractivity contribution in [2.24, 2.45) is 5.92 Å². The number of aryl methyl sites for hydroxylation is 1. The van der Waals surface area contributed by atoms with Crippen molar-refractivity contribution in [2.45, 2.75) is 125 Å². The van der Waals surface area contributed by atoms with Gasteiger partial charge in [-0.2, -0.15) is 0 Å². The van der Waals surface area contributed by atoms with Crippen molar-refractivity contribution in [3.05, 3.63) is 29.3 Å². The van der Waals surface area contributed by atoms with Crippen LogP contribution in [0.2, 0.25) is 0 Å². The van der Waals surface area contributed by atoms with E-state index in [2.05, 4.69) is 16.0 Å². The van der Waals surface area contributed by atoms with Crippen LogP contribution in [0.4, 0.5) is 5.69 Å². The second kappa shape index (κ2) is 26.9. The molecule has 50 heavy (non-hydrogen) atoms. The lowest BCUT2D eigenvalue weighted by Gasteiger charge is -2.22. The van der Waals surface area contributed by atoms with Gasteiger partial charge in [0.1, 0.15) is 12.6 Å². The number of benzene rings is 1. The molecule has 14 heteroatoms. The molecule has 1 heterocycles. The summed E-state index contributed by atoms with van der Waals surface area (Å²) in [6, 6.07) is 4.48. The number of esters is 1. The number of imide groups is 1. The van der Waals surface area contributed by atoms with Crippen LogP contribution in [-0.2, 0) is 51.3 Å². The number of carbonyl (C=O) groups is 6. The van der Waals surface area contributed by atoms with Crippen LogP contribution in [0.25, 0.3) is 0 Å². The summed E-state index contributed by atoms with van der Waals surface area (Å²) in [4.78, 5) is 72.8. The van der Waals surface area contributed by atoms with E-state index in [1.807, 2.05) is 27.7 Å². The number of anilines is 1. The largest absolute Gasteiger partial charge is 0.461 e. The van der Waals surface area contributed by atoms with Gasteiger partial charge in [-0.3, -0.25) is 33.7 Å². The summed E-state index contributed by atoms with van der Waals surface area (Å²) in [5.74, 6) is -1.93. The predicted octanol–water partition coefficient (Wildman–Crippen LogP) is 3.01. The molecule has 0 bridgehead atoms. The molecule has 0 aliphatic carbocycles. The first-order chi connectivity index (χ1) is 23.8. The Labute approximate surface area is 297 Å². The van der Waals surface area contributed by atoms with E-state index in [9.17, 15) is 28.8 Å². The molecule has 1 aliphatic heterocycles. The monoisotopic (exact) mass is 708 g/mol. The van der Waals surface area contributed by atoms with E-state index in [1.54, 1.807) is 32.0 Å². The minimum atomic E-state index is -0.801. The van der Waals surface area contributed by atoms with Crippen molar-refractivity contribution in [1.82, 2.24) is 15.5 Å². The van der Waals surface area contributed by atoms with E-state index < -0.39 is 30.1 Å². The SMILES string of the molecule is CC.CCCC(=O)N(C=O)CCCCCC(=O)NC(C(=O)NCC(=O)Nc1ccc(COC(C)=O)c(CC)c1)C(C)C.OC1COCC(O)C1. The Morgan fingerprint density at radius 1 is 0.980 bits per heavy atom. The number of aliphatic hydroxyl groups excluding tert-OH is 2. The van der Waals surface area contributed by atoms with Crippen LogP contribution >= 0.6 is 0 Å². The first-order valence-corrected chi connectivity index (χ1v) is 17.6. The van der Waals surface area contributed by atoms with Gasteiger partial charge in [-0.15, -0.1) is 0 Å². The Balaban J connectivity index is 0.00000206. The van der Waals surface area contributed by atoms with Gasteiger partial charge in [0.25, 0.3) is 0 Å². The third kappa shape index (κ3) is 20.0. The third-order valence-electron chi connectivity index (χ3n) is 7.37. The molecule has 3 unspecified atom stereocenters. The lowest BCUT2D eigenvalue weighted by Crippen LogP contribution is -2.51. The van der Waals surface area contributed by atoms with Crippen molar-refractivity contribution in [3.63, 3.8) is 0 Å². The van der Waals surface area contributed by atoms with Gasteiger partial charge in [0.2, 0.25) is 30.0 Å². The highest BCUT2D eigenvalue weighted by Gasteiger charge is 2.24. The summed E-state index contributed by atoms with van der Waals surface area (Å²) < 4.78 is 9.85. The first kappa shape index (κ1) is 46.1. The summed E-state index contributed by atoms with van der Waals surface area (Å²) in [5.41, 5.74) is 2.34. The second-order valence-electron chi connectivity index (χ2n) is 12.0. The van der Waals surface area contributed by atoms with Gasteiger partial charge in [0.15, 0.2) is 0 Å². The minimum Gasteiger partial charge on any atom is -0.461 e. The fourth-order valence-corrected chi connectivity index (χ4v) is 4.74. The molecule has 1 aliphatic rings. The molecule has 1 aromatic rings. The fraction of sp³-hybridized carbons (Fsp3) is 0.667. The Kier molecular flexibility index (Phi) is 24.8. The summed E-state index contributed by atoms with van der Waals surface area (Å²) in [7, 11) is 0. The Morgan fingerprint density at radius 3 is 2.16 bits per heavy atom. The summed E-state index contributed by atoms with van der Waals surface area (Å²) in [6.45, 7) is 13.7. The van der Waals surface area contributed by atoms with Crippen LogP contribution in [0, 0.1) is 5.92 Å². The van der Waals surface area contributed by atoms with Crippen LogP contribution in [0.5, 0.6) is 0 Å². The standard InChI is InChI=1S/C29H44N4O7.C5H10O3.C2H6/c1-6-11-27(38)33(19-34)15-10-8-9-12-25(36)32-28(20(3)4)29(39)30-17-26(37)31-24-14-13-23(18-40-21(5)35)22(7-2)16-24;6-4-1-5(7)3-8-2-4;1-2/h13-14,16,19-20,28H,6-12,15,17-18H2,1-5H3,(H,30,39)(H,31,37)(H,32,36);4-7H,1-3H2;1-2H3. The van der Waals surface area contributed by atoms with E-state index >= 15 is 0 Å². The second-order valence-corrected chi connectivity index (χ2v) is 12.0. The maximum Gasteiger partial charge on any atom is 0.302 e. The van der Waals surface area contributed by atoms with E-state index in [-0.39, 0.29) is 43.3 Å². The molecular formula is C36H60N4O10. The molecule has 2 rings (SSSR count). The number of amides is 5. The topological polar surface area (TPSA) is 201 Å². The number of unbranched alkanes of at least 4 members (excludes halogenated alkanes) is 2. The third-order valence-corrected chi connectivity index (χ3v) is 7.37. The van der Waals surface area contributed by atoms with Crippen molar-refractivity contribution in [1.29, 1.82) is 0 Å². The minimum absolute atomic E-state index is 0.157. The number of nitrogens with one attached hydrogen (secondary N) is 3. The molecule has 0 saturated carbocycles. The number of rotatable bonds is 18. The Hall–Kier alpha value is -3.88. The maximum absolute atomic E-state index is 12.7.